The van der Waals surface area contributed by atoms with Gasteiger partial charge in [-0.05, 0) is 36.2 Å². The number of likely N-dealkylation sites (tertiary alicyclic amines) is 1. The number of imidazole rings is 1. The van der Waals surface area contributed by atoms with Crippen molar-refractivity contribution in [3.05, 3.63) is 72.1 Å². The van der Waals surface area contributed by atoms with Crippen LogP contribution in [0.15, 0.2) is 65.7 Å². The molecule has 41 heavy (non-hydrogen) atoms. The van der Waals surface area contributed by atoms with Crippen molar-refractivity contribution in [1.29, 1.82) is 0 Å². The summed E-state index contributed by atoms with van der Waals surface area (Å²) in [4.78, 5) is 33.9. The minimum atomic E-state index is -3.53. The van der Waals surface area contributed by atoms with Crippen LogP contribution in [0, 0.1) is 0 Å². The quantitative estimate of drug-likeness (QED) is 0.307. The SMILES string of the molecule is COc1ccc(CN(C)c2cc(Nc3ccccc3S(C)(=O)=O)nn3c(C(=O)N[C@@H]4CCN(C)C4=O)cnc23)cc1. The molecule has 1 atom stereocenters. The lowest BCUT2D eigenvalue weighted by molar-refractivity contribution is -0.128. The Bertz CT molecular complexity index is 1720. The van der Waals surface area contributed by atoms with E-state index in [1.807, 2.05) is 36.2 Å². The van der Waals surface area contributed by atoms with Crippen molar-refractivity contribution in [3.8, 4) is 5.75 Å². The summed E-state index contributed by atoms with van der Waals surface area (Å²) in [6.07, 6.45) is 3.06. The van der Waals surface area contributed by atoms with Gasteiger partial charge in [0, 0.05) is 39.5 Å². The zero-order chi connectivity index (χ0) is 29.3. The number of carbonyl (C=O) groups excluding carboxylic acids is 2. The third kappa shape index (κ3) is 5.80. The first kappa shape index (κ1) is 27.9. The molecule has 0 spiro atoms. The number of aromatic nitrogens is 3. The molecule has 1 aliphatic rings. The Hall–Kier alpha value is -4.65. The van der Waals surface area contributed by atoms with Crippen molar-refractivity contribution >= 4 is 44.5 Å². The highest BCUT2D eigenvalue weighted by Crippen LogP contribution is 2.29. The number of nitrogens with zero attached hydrogens (tertiary/aromatic N) is 5. The number of fused-ring (bicyclic) bond motifs is 1. The van der Waals surface area contributed by atoms with Crippen molar-refractivity contribution in [2.45, 2.75) is 23.9 Å². The Morgan fingerprint density at radius 1 is 1.17 bits per heavy atom. The first-order valence-corrected chi connectivity index (χ1v) is 14.8. The van der Waals surface area contributed by atoms with Crippen LogP contribution in [0.25, 0.3) is 5.65 Å². The maximum atomic E-state index is 13.3. The highest BCUT2D eigenvalue weighted by Gasteiger charge is 2.31. The third-order valence-electron chi connectivity index (χ3n) is 6.95. The average molecular weight is 578 g/mol. The molecule has 12 nitrogen and oxygen atoms in total. The minimum Gasteiger partial charge on any atom is -0.497 e. The molecular formula is C28H31N7O5S. The van der Waals surface area contributed by atoms with Crippen molar-refractivity contribution in [2.24, 2.45) is 0 Å². The van der Waals surface area contributed by atoms with E-state index in [1.165, 1.54) is 16.8 Å². The van der Waals surface area contributed by atoms with Gasteiger partial charge in [-0.2, -0.15) is 0 Å². The molecule has 3 heterocycles. The summed E-state index contributed by atoms with van der Waals surface area (Å²) in [6.45, 7) is 1.06. The molecule has 1 aliphatic heterocycles. The van der Waals surface area contributed by atoms with Crippen LogP contribution in [0.4, 0.5) is 17.2 Å². The fourth-order valence-corrected chi connectivity index (χ4v) is 5.60. The van der Waals surface area contributed by atoms with E-state index >= 15 is 0 Å². The Kier molecular flexibility index (Phi) is 7.54. The van der Waals surface area contributed by atoms with Crippen LogP contribution in [-0.4, -0.2) is 79.8 Å². The van der Waals surface area contributed by atoms with Crippen molar-refractivity contribution in [3.63, 3.8) is 0 Å². The maximum Gasteiger partial charge on any atom is 0.272 e. The Morgan fingerprint density at radius 2 is 1.90 bits per heavy atom. The van der Waals surface area contributed by atoms with Crippen molar-refractivity contribution in [2.75, 3.05) is 44.2 Å². The van der Waals surface area contributed by atoms with Gasteiger partial charge in [0.1, 0.15) is 11.8 Å². The molecule has 1 fully saturated rings. The Labute approximate surface area is 237 Å². The number of rotatable bonds is 9. The molecule has 4 aromatic rings. The van der Waals surface area contributed by atoms with E-state index in [-0.39, 0.29) is 16.5 Å². The van der Waals surface area contributed by atoms with Crippen LogP contribution in [0.5, 0.6) is 5.75 Å². The van der Waals surface area contributed by atoms with E-state index in [1.54, 1.807) is 43.3 Å². The highest BCUT2D eigenvalue weighted by atomic mass is 32.2. The first-order valence-electron chi connectivity index (χ1n) is 12.9. The number of anilines is 3. The fourth-order valence-electron chi connectivity index (χ4n) is 4.76. The molecule has 0 saturated carbocycles. The van der Waals surface area contributed by atoms with Gasteiger partial charge in [-0.15, -0.1) is 5.10 Å². The summed E-state index contributed by atoms with van der Waals surface area (Å²) in [5.74, 6) is 0.402. The molecule has 0 bridgehead atoms. The lowest BCUT2D eigenvalue weighted by Gasteiger charge is -2.21. The summed E-state index contributed by atoms with van der Waals surface area (Å²) in [5.41, 5.74) is 2.56. The van der Waals surface area contributed by atoms with Gasteiger partial charge in [0.2, 0.25) is 5.91 Å². The third-order valence-corrected chi connectivity index (χ3v) is 8.11. The monoisotopic (exact) mass is 577 g/mol. The van der Waals surface area contributed by atoms with Gasteiger partial charge < -0.3 is 25.2 Å². The minimum absolute atomic E-state index is 0.113. The van der Waals surface area contributed by atoms with E-state index < -0.39 is 21.8 Å². The van der Waals surface area contributed by atoms with Crippen LogP contribution >= 0.6 is 0 Å². The van der Waals surface area contributed by atoms with Gasteiger partial charge in [0.15, 0.2) is 27.0 Å². The van der Waals surface area contributed by atoms with Crippen LogP contribution in [-0.2, 0) is 21.2 Å². The van der Waals surface area contributed by atoms with Crippen LogP contribution in [0.3, 0.4) is 0 Å². The number of amides is 2. The lowest BCUT2D eigenvalue weighted by atomic mass is 10.2. The molecule has 0 unspecified atom stereocenters. The van der Waals surface area contributed by atoms with Gasteiger partial charge in [0.25, 0.3) is 5.91 Å². The molecule has 0 aliphatic carbocycles. The zero-order valence-corrected chi connectivity index (χ0v) is 24.0. The number of methoxy groups -OCH3 is 1. The molecule has 1 saturated heterocycles. The molecule has 2 aromatic carbocycles. The maximum absolute atomic E-state index is 13.3. The van der Waals surface area contributed by atoms with Crippen LogP contribution < -0.4 is 20.3 Å². The number of hydrogen-bond acceptors (Lipinski definition) is 9. The molecule has 13 heteroatoms. The lowest BCUT2D eigenvalue weighted by Crippen LogP contribution is -2.41. The topological polar surface area (TPSA) is 138 Å². The number of ether oxygens (including phenoxy) is 1. The summed E-state index contributed by atoms with van der Waals surface area (Å²) in [7, 11) is 1.66. The average Bonchev–Trinajstić information content (AvgIpc) is 3.51. The van der Waals surface area contributed by atoms with Crippen molar-refractivity contribution in [1.82, 2.24) is 24.8 Å². The predicted molar refractivity (Wildman–Crippen MR) is 154 cm³/mol. The van der Waals surface area contributed by atoms with Crippen LogP contribution in [0.1, 0.15) is 22.5 Å². The van der Waals surface area contributed by atoms with Crippen LogP contribution in [0.2, 0.25) is 0 Å². The molecule has 214 valence electrons. The molecule has 2 aromatic heterocycles. The molecular weight excluding hydrogens is 546 g/mol. The smallest absolute Gasteiger partial charge is 0.272 e. The van der Waals surface area contributed by atoms with Crippen molar-refractivity contribution < 1.29 is 22.7 Å². The number of hydrogen-bond donors (Lipinski definition) is 2. The highest BCUT2D eigenvalue weighted by molar-refractivity contribution is 7.90. The second-order valence-corrected chi connectivity index (χ2v) is 11.9. The summed E-state index contributed by atoms with van der Waals surface area (Å²) < 4.78 is 31.5. The second-order valence-electron chi connectivity index (χ2n) is 9.97. The van der Waals surface area contributed by atoms with Gasteiger partial charge in [-0.3, -0.25) is 9.59 Å². The largest absolute Gasteiger partial charge is 0.497 e. The molecule has 0 radical (unpaired) electrons. The summed E-state index contributed by atoms with van der Waals surface area (Å²) in [6, 6.07) is 15.3. The van der Waals surface area contributed by atoms with E-state index in [4.69, 9.17) is 4.74 Å². The number of nitrogens with one attached hydrogen (secondary N) is 2. The van der Waals surface area contributed by atoms with Gasteiger partial charge in [-0.1, -0.05) is 24.3 Å². The molecule has 2 N–H and O–H groups in total. The normalized spacial score (nSPS) is 15.3. The number of carbonyl (C=O) groups is 2. The summed E-state index contributed by atoms with van der Waals surface area (Å²) >= 11 is 0. The number of sulfone groups is 1. The Balaban J connectivity index is 1.55. The first-order chi connectivity index (χ1) is 19.5. The van der Waals surface area contributed by atoms with E-state index in [0.29, 0.717) is 42.4 Å². The second kappa shape index (κ2) is 11.1. The van der Waals surface area contributed by atoms with E-state index in [2.05, 4.69) is 20.7 Å². The Morgan fingerprint density at radius 3 is 2.56 bits per heavy atom. The van der Waals surface area contributed by atoms with Gasteiger partial charge >= 0.3 is 0 Å². The number of benzene rings is 2. The zero-order valence-electron chi connectivity index (χ0n) is 23.2. The standard InChI is InChI=1S/C28H31N7O5S/c1-33-14-13-21(28(33)37)31-27(36)23-16-29-26-22(34(2)17-18-9-11-19(40-3)12-10-18)15-25(32-35(23)26)30-20-7-5-6-8-24(20)41(4,38)39/h5-12,15-16,21H,13-14,17H2,1-4H3,(H,30,32)(H,31,36)/t21-/m1/s1. The van der Waals surface area contributed by atoms with Gasteiger partial charge in [-0.25, -0.2) is 17.9 Å². The fraction of sp³-hybridized carbons (Fsp3) is 0.286. The van der Waals surface area contributed by atoms with E-state index in [0.717, 1.165) is 17.6 Å². The van der Waals surface area contributed by atoms with Gasteiger partial charge in [0.05, 0.1) is 29.6 Å². The molecule has 5 rings (SSSR count). The summed E-state index contributed by atoms with van der Waals surface area (Å²) in [5, 5.41) is 10.5. The number of likely N-dealkylation sites (N-methyl/N-ethyl adjacent to an activating group) is 1. The van der Waals surface area contributed by atoms with E-state index in [9.17, 15) is 18.0 Å². The predicted octanol–water partition coefficient (Wildman–Crippen LogP) is 2.48. The number of para-hydroxylation sites is 1. The molecule has 2 amide bonds.